The minimum absolute atomic E-state index is 0.0822. The average Bonchev–Trinajstić information content (AvgIpc) is 2.59. The topological polar surface area (TPSA) is 60.5 Å². The van der Waals surface area contributed by atoms with E-state index in [0.29, 0.717) is 31.2 Å². The number of ether oxygens (including phenoxy) is 2. The van der Waals surface area contributed by atoms with Crippen molar-refractivity contribution in [3.05, 3.63) is 35.9 Å². The first kappa shape index (κ1) is 14.6. The third kappa shape index (κ3) is 2.82. The van der Waals surface area contributed by atoms with E-state index in [4.69, 9.17) is 9.47 Å². The second kappa shape index (κ2) is 5.91. The van der Waals surface area contributed by atoms with Crippen LogP contribution < -0.4 is 10.1 Å². The van der Waals surface area contributed by atoms with Gasteiger partial charge in [0.05, 0.1) is 25.8 Å². The normalized spacial score (nSPS) is 26.9. The minimum atomic E-state index is 0.0822. The summed E-state index contributed by atoms with van der Waals surface area (Å²) in [5, 5.41) is 4.50. The molecule has 2 bridgehead atoms. The van der Waals surface area contributed by atoms with E-state index in [1.165, 1.54) is 0 Å². The van der Waals surface area contributed by atoms with Crippen molar-refractivity contribution in [3.63, 3.8) is 0 Å². The molecular formula is C18H20N2O3. The van der Waals surface area contributed by atoms with Crippen LogP contribution in [0.3, 0.4) is 0 Å². The van der Waals surface area contributed by atoms with E-state index in [1.807, 2.05) is 30.3 Å². The molecule has 23 heavy (non-hydrogen) atoms. The zero-order valence-electron chi connectivity index (χ0n) is 13.1. The predicted octanol–water partition coefficient (Wildman–Crippen LogP) is 2.19. The molecule has 0 radical (unpaired) electrons. The first-order chi connectivity index (χ1) is 11.2. The number of benzene rings is 1. The molecule has 2 saturated heterocycles. The van der Waals surface area contributed by atoms with Gasteiger partial charge in [-0.1, -0.05) is 0 Å². The highest BCUT2D eigenvalue weighted by atomic mass is 16.5. The standard InChI is InChI=1S/C18H20N2O3/c1-22-17-5-3-11-6-12(2-4-16(11)20-17)18(21)13-7-14-9-23-10-15(8-13)19-14/h2-6,13-15,19H,7-10H2,1H3. The van der Waals surface area contributed by atoms with Crippen LogP contribution in [0, 0.1) is 5.92 Å². The number of nitrogens with one attached hydrogen (secondary N) is 1. The molecule has 0 spiro atoms. The molecule has 0 saturated carbocycles. The summed E-state index contributed by atoms with van der Waals surface area (Å²) in [7, 11) is 1.60. The zero-order chi connectivity index (χ0) is 15.8. The number of hydrogen-bond donors (Lipinski definition) is 1. The summed E-state index contributed by atoms with van der Waals surface area (Å²) in [6.45, 7) is 1.42. The van der Waals surface area contributed by atoms with Gasteiger partial charge in [0.2, 0.25) is 5.88 Å². The van der Waals surface area contributed by atoms with Crippen molar-refractivity contribution < 1.29 is 14.3 Å². The Balaban J connectivity index is 1.59. The van der Waals surface area contributed by atoms with Gasteiger partial charge >= 0.3 is 0 Å². The number of nitrogens with zero attached hydrogens (tertiary/aromatic N) is 1. The van der Waals surface area contributed by atoms with Gasteiger partial charge in [-0.2, -0.15) is 0 Å². The second-order valence-corrected chi connectivity index (χ2v) is 6.39. The van der Waals surface area contributed by atoms with Gasteiger partial charge < -0.3 is 14.8 Å². The maximum atomic E-state index is 12.9. The van der Waals surface area contributed by atoms with Crippen LogP contribution in [-0.2, 0) is 4.74 Å². The number of morpholine rings is 1. The zero-order valence-corrected chi connectivity index (χ0v) is 13.1. The molecule has 1 aromatic carbocycles. The Morgan fingerprint density at radius 2 is 2.00 bits per heavy atom. The summed E-state index contributed by atoms with van der Waals surface area (Å²) in [6, 6.07) is 10.1. The molecule has 2 aliphatic heterocycles. The van der Waals surface area contributed by atoms with E-state index in [-0.39, 0.29) is 11.7 Å². The molecule has 3 heterocycles. The van der Waals surface area contributed by atoms with E-state index < -0.39 is 0 Å². The second-order valence-electron chi connectivity index (χ2n) is 6.39. The van der Waals surface area contributed by atoms with Crippen LogP contribution >= 0.6 is 0 Å². The molecule has 0 aliphatic carbocycles. The van der Waals surface area contributed by atoms with Gasteiger partial charge in [0.25, 0.3) is 0 Å². The Labute approximate surface area is 135 Å². The molecule has 2 atom stereocenters. The van der Waals surface area contributed by atoms with Gasteiger partial charge in [0, 0.05) is 35.0 Å². The van der Waals surface area contributed by atoms with Crippen LogP contribution in [0.1, 0.15) is 23.2 Å². The summed E-state index contributed by atoms with van der Waals surface area (Å²) < 4.78 is 10.7. The lowest BCUT2D eigenvalue weighted by atomic mass is 9.82. The van der Waals surface area contributed by atoms with E-state index in [0.717, 1.165) is 29.3 Å². The number of Topliss-reactive ketones (excluding diaryl/α,β-unsaturated/α-hetero) is 1. The van der Waals surface area contributed by atoms with E-state index >= 15 is 0 Å². The summed E-state index contributed by atoms with van der Waals surface area (Å²) in [6.07, 6.45) is 1.71. The minimum Gasteiger partial charge on any atom is -0.481 e. The smallest absolute Gasteiger partial charge is 0.213 e. The molecule has 2 aliphatic rings. The van der Waals surface area contributed by atoms with Crippen molar-refractivity contribution in [1.82, 2.24) is 10.3 Å². The van der Waals surface area contributed by atoms with Crippen LogP contribution in [0.4, 0.5) is 0 Å². The van der Waals surface area contributed by atoms with Crippen molar-refractivity contribution in [2.24, 2.45) is 5.92 Å². The molecule has 5 nitrogen and oxygen atoms in total. The number of rotatable bonds is 3. The third-order valence-corrected chi connectivity index (χ3v) is 4.78. The summed E-state index contributed by atoms with van der Waals surface area (Å²) in [4.78, 5) is 17.3. The molecule has 4 rings (SSSR count). The fourth-order valence-electron chi connectivity index (χ4n) is 3.66. The number of carbonyl (C=O) groups excluding carboxylic acids is 1. The van der Waals surface area contributed by atoms with E-state index in [2.05, 4.69) is 10.3 Å². The van der Waals surface area contributed by atoms with Crippen LogP contribution in [0.5, 0.6) is 5.88 Å². The summed E-state index contributed by atoms with van der Waals surface area (Å²) in [5.41, 5.74) is 1.62. The molecule has 1 N–H and O–H groups in total. The largest absolute Gasteiger partial charge is 0.481 e. The highest BCUT2D eigenvalue weighted by molar-refractivity contribution is 6.01. The van der Waals surface area contributed by atoms with Gasteiger partial charge in [0.1, 0.15) is 0 Å². The van der Waals surface area contributed by atoms with Gasteiger partial charge in [-0.15, -0.1) is 0 Å². The number of ketones is 1. The molecule has 2 aromatic rings. The number of pyridine rings is 1. The molecule has 1 aromatic heterocycles. The lowest BCUT2D eigenvalue weighted by Gasteiger charge is -2.39. The fourth-order valence-corrected chi connectivity index (χ4v) is 3.66. The number of hydrogen-bond acceptors (Lipinski definition) is 5. The maximum Gasteiger partial charge on any atom is 0.213 e. The highest BCUT2D eigenvalue weighted by Gasteiger charge is 2.35. The Morgan fingerprint density at radius 1 is 1.22 bits per heavy atom. The van der Waals surface area contributed by atoms with Gasteiger partial charge in [0.15, 0.2) is 5.78 Å². The van der Waals surface area contributed by atoms with E-state index in [1.54, 1.807) is 7.11 Å². The highest BCUT2D eigenvalue weighted by Crippen LogP contribution is 2.28. The summed E-state index contributed by atoms with van der Waals surface area (Å²) in [5.74, 6) is 0.905. The first-order valence-electron chi connectivity index (χ1n) is 8.06. The van der Waals surface area contributed by atoms with Crippen molar-refractivity contribution in [3.8, 4) is 5.88 Å². The van der Waals surface area contributed by atoms with Crippen molar-refractivity contribution in [1.29, 1.82) is 0 Å². The van der Waals surface area contributed by atoms with Gasteiger partial charge in [-0.05, 0) is 37.1 Å². The van der Waals surface area contributed by atoms with Crippen LogP contribution in [0.15, 0.2) is 30.3 Å². The fraction of sp³-hybridized carbons (Fsp3) is 0.444. The molecule has 5 heteroatoms. The Morgan fingerprint density at radius 3 is 2.74 bits per heavy atom. The van der Waals surface area contributed by atoms with E-state index in [9.17, 15) is 4.79 Å². The lowest BCUT2D eigenvalue weighted by Crippen LogP contribution is -2.55. The first-order valence-corrected chi connectivity index (χ1v) is 8.06. The number of carbonyl (C=O) groups is 1. The Kier molecular flexibility index (Phi) is 3.75. The average molecular weight is 312 g/mol. The van der Waals surface area contributed by atoms with Crippen LogP contribution in [0.25, 0.3) is 10.9 Å². The SMILES string of the molecule is COc1ccc2cc(C(=O)C3CC4COCC(C3)N4)ccc2n1. The maximum absolute atomic E-state index is 12.9. The lowest BCUT2D eigenvalue weighted by molar-refractivity contribution is 0.00953. The van der Waals surface area contributed by atoms with Crippen molar-refractivity contribution in [2.45, 2.75) is 24.9 Å². The molecule has 2 unspecified atom stereocenters. The Hall–Kier alpha value is -1.98. The number of methoxy groups -OCH3 is 1. The van der Waals surface area contributed by atoms with Gasteiger partial charge in [-0.3, -0.25) is 4.79 Å². The quantitative estimate of drug-likeness (QED) is 0.880. The summed E-state index contributed by atoms with van der Waals surface area (Å²) >= 11 is 0. The van der Waals surface area contributed by atoms with Crippen LogP contribution in [-0.4, -0.2) is 43.2 Å². The number of aromatic nitrogens is 1. The van der Waals surface area contributed by atoms with Crippen LogP contribution in [0.2, 0.25) is 0 Å². The predicted molar refractivity (Wildman–Crippen MR) is 86.9 cm³/mol. The number of piperidine rings is 1. The molecule has 0 amide bonds. The Bertz CT molecular complexity index is 734. The van der Waals surface area contributed by atoms with Crippen molar-refractivity contribution >= 4 is 16.7 Å². The van der Waals surface area contributed by atoms with Crippen molar-refractivity contribution in [2.75, 3.05) is 20.3 Å². The number of fused-ring (bicyclic) bond motifs is 3. The third-order valence-electron chi connectivity index (χ3n) is 4.78. The molecule has 2 fully saturated rings. The molecule has 120 valence electrons. The van der Waals surface area contributed by atoms with Gasteiger partial charge in [-0.25, -0.2) is 4.98 Å². The monoisotopic (exact) mass is 312 g/mol. The molecular weight excluding hydrogens is 292 g/mol.